The molecule has 0 saturated heterocycles. The molecular weight excluding hydrogens is 232 g/mol. The summed E-state index contributed by atoms with van der Waals surface area (Å²) in [6.07, 6.45) is 0. The van der Waals surface area contributed by atoms with Gasteiger partial charge in [0.1, 0.15) is 4.90 Å². The predicted molar refractivity (Wildman–Crippen MR) is 57.3 cm³/mol. The van der Waals surface area contributed by atoms with Crippen molar-refractivity contribution in [3.8, 4) is 0 Å². The molecule has 1 aromatic rings. The van der Waals surface area contributed by atoms with E-state index in [1.54, 1.807) is 13.8 Å². The molecule has 1 rings (SSSR count). The quantitative estimate of drug-likeness (QED) is 0.341. The minimum atomic E-state index is -3.59. The minimum absolute atomic E-state index is 0.0659. The fraction of sp³-hybridized carbons (Fsp3) is 0.571. The van der Waals surface area contributed by atoms with Crippen molar-refractivity contribution in [3.05, 3.63) is 21.8 Å². The van der Waals surface area contributed by atoms with Crippen LogP contribution in [0.15, 0.2) is 10.0 Å². The van der Waals surface area contributed by atoms with E-state index in [9.17, 15) is 8.42 Å². The van der Waals surface area contributed by atoms with Gasteiger partial charge in [-0.25, -0.2) is 13.1 Å². The first kappa shape index (κ1) is 12.5. The molecule has 88 valence electrons. The van der Waals surface area contributed by atoms with E-state index in [-0.39, 0.29) is 18.0 Å². The minimum Gasteiger partial charge on any atom is -0.281 e. The molecule has 0 unspecified atom stereocenters. The molecule has 2 N–H and O–H groups in total. The van der Waals surface area contributed by atoms with Gasteiger partial charge in [0, 0.05) is 18.0 Å². The lowest BCUT2D eigenvalue weighted by Crippen LogP contribution is -2.27. The summed E-state index contributed by atoms with van der Waals surface area (Å²) in [6, 6.07) is 0. The normalized spacial score (nSPS) is 11.1. The Balaban J connectivity index is 2.82. The van der Waals surface area contributed by atoms with Crippen LogP contribution in [-0.4, -0.2) is 31.7 Å². The third-order valence-electron chi connectivity index (χ3n) is 1.90. The van der Waals surface area contributed by atoms with Crippen LogP contribution < -0.4 is 4.72 Å². The van der Waals surface area contributed by atoms with E-state index in [0.717, 1.165) is 0 Å². The van der Waals surface area contributed by atoms with Crippen LogP contribution >= 0.6 is 0 Å². The van der Waals surface area contributed by atoms with Gasteiger partial charge in [-0.1, -0.05) is 5.11 Å². The van der Waals surface area contributed by atoms with Gasteiger partial charge in [-0.3, -0.25) is 5.10 Å². The smallest absolute Gasteiger partial charge is 0.244 e. The number of aromatic amines is 1. The highest BCUT2D eigenvalue weighted by molar-refractivity contribution is 7.89. The van der Waals surface area contributed by atoms with Crippen LogP contribution in [0.2, 0.25) is 0 Å². The second kappa shape index (κ2) is 4.97. The molecule has 1 heterocycles. The molecule has 16 heavy (non-hydrogen) atoms. The van der Waals surface area contributed by atoms with Gasteiger partial charge in [0.2, 0.25) is 10.0 Å². The fourth-order valence-corrected chi connectivity index (χ4v) is 2.67. The van der Waals surface area contributed by atoms with E-state index in [4.69, 9.17) is 5.53 Å². The SMILES string of the molecule is Cc1n[nH]c(C)c1S(=O)(=O)NCCN=[N+]=[N-]. The Labute approximate surface area is 92.7 Å². The number of nitrogens with one attached hydrogen (secondary N) is 2. The van der Waals surface area contributed by atoms with Crippen molar-refractivity contribution in [2.75, 3.05) is 13.1 Å². The van der Waals surface area contributed by atoms with E-state index >= 15 is 0 Å². The summed E-state index contributed by atoms with van der Waals surface area (Å²) in [6.45, 7) is 3.37. The summed E-state index contributed by atoms with van der Waals surface area (Å²) < 4.78 is 25.9. The number of H-pyrrole nitrogens is 1. The third kappa shape index (κ3) is 2.72. The first-order chi connectivity index (χ1) is 7.49. The number of sulfonamides is 1. The van der Waals surface area contributed by atoms with Gasteiger partial charge in [0.05, 0.1) is 11.4 Å². The average Bonchev–Trinajstić information content (AvgIpc) is 2.54. The first-order valence-electron chi connectivity index (χ1n) is 4.51. The summed E-state index contributed by atoms with van der Waals surface area (Å²) in [5, 5.41) is 9.63. The van der Waals surface area contributed by atoms with Gasteiger partial charge in [-0.15, -0.1) is 0 Å². The van der Waals surface area contributed by atoms with Gasteiger partial charge in [-0.2, -0.15) is 5.10 Å². The van der Waals surface area contributed by atoms with E-state index in [1.807, 2.05) is 0 Å². The molecule has 0 fully saturated rings. The highest BCUT2D eigenvalue weighted by Gasteiger charge is 2.21. The molecule has 0 spiro atoms. The maximum Gasteiger partial charge on any atom is 0.244 e. The summed E-state index contributed by atoms with van der Waals surface area (Å²) in [5.41, 5.74) is 8.93. The number of aromatic nitrogens is 2. The Kier molecular flexibility index (Phi) is 3.88. The number of hydrogen-bond donors (Lipinski definition) is 2. The Morgan fingerprint density at radius 2 is 2.25 bits per heavy atom. The Bertz CT molecular complexity index is 493. The highest BCUT2D eigenvalue weighted by Crippen LogP contribution is 2.15. The van der Waals surface area contributed by atoms with Crippen molar-refractivity contribution in [1.29, 1.82) is 0 Å². The van der Waals surface area contributed by atoms with Crippen LogP contribution in [0, 0.1) is 13.8 Å². The van der Waals surface area contributed by atoms with E-state index in [0.29, 0.717) is 11.4 Å². The van der Waals surface area contributed by atoms with Crippen molar-refractivity contribution in [1.82, 2.24) is 14.9 Å². The second-order valence-electron chi connectivity index (χ2n) is 3.12. The van der Waals surface area contributed by atoms with Gasteiger partial charge < -0.3 is 0 Å². The first-order valence-corrected chi connectivity index (χ1v) is 5.99. The lowest BCUT2D eigenvalue weighted by molar-refractivity contribution is 0.581. The molecule has 0 radical (unpaired) electrons. The zero-order valence-electron chi connectivity index (χ0n) is 8.93. The Morgan fingerprint density at radius 1 is 1.56 bits per heavy atom. The molecule has 0 saturated carbocycles. The Hall–Kier alpha value is -1.57. The van der Waals surface area contributed by atoms with Crippen molar-refractivity contribution < 1.29 is 8.42 Å². The molecule has 1 aromatic heterocycles. The maximum atomic E-state index is 11.8. The molecule has 0 bridgehead atoms. The number of hydrogen-bond acceptors (Lipinski definition) is 4. The van der Waals surface area contributed by atoms with E-state index in [1.165, 1.54) is 0 Å². The predicted octanol–water partition coefficient (Wildman–Crippen LogP) is 0.615. The van der Waals surface area contributed by atoms with Crippen LogP contribution in [0.3, 0.4) is 0 Å². The zero-order chi connectivity index (χ0) is 12.2. The number of rotatable bonds is 5. The molecule has 0 amide bonds. The Morgan fingerprint density at radius 3 is 2.75 bits per heavy atom. The van der Waals surface area contributed by atoms with Crippen LogP contribution in [0.1, 0.15) is 11.4 Å². The van der Waals surface area contributed by atoms with Crippen LogP contribution in [0.4, 0.5) is 0 Å². The van der Waals surface area contributed by atoms with Crippen molar-refractivity contribution in [2.24, 2.45) is 5.11 Å². The van der Waals surface area contributed by atoms with Crippen LogP contribution in [-0.2, 0) is 10.0 Å². The van der Waals surface area contributed by atoms with Crippen molar-refractivity contribution in [3.63, 3.8) is 0 Å². The summed E-state index contributed by atoms with van der Waals surface area (Å²) in [5.74, 6) is 0. The second-order valence-corrected chi connectivity index (χ2v) is 4.82. The molecule has 0 atom stereocenters. The molecular formula is C7H12N6O2S. The molecule has 0 aromatic carbocycles. The summed E-state index contributed by atoms with van der Waals surface area (Å²) in [7, 11) is -3.59. The maximum absolute atomic E-state index is 11.8. The number of nitrogens with zero attached hydrogens (tertiary/aromatic N) is 4. The fourth-order valence-electron chi connectivity index (χ4n) is 1.28. The molecule has 8 nitrogen and oxygen atoms in total. The van der Waals surface area contributed by atoms with Gasteiger partial charge in [-0.05, 0) is 19.4 Å². The molecule has 0 aliphatic rings. The van der Waals surface area contributed by atoms with E-state index < -0.39 is 10.0 Å². The van der Waals surface area contributed by atoms with Gasteiger partial charge >= 0.3 is 0 Å². The topological polar surface area (TPSA) is 124 Å². The molecule has 9 heteroatoms. The lowest BCUT2D eigenvalue weighted by Gasteiger charge is -2.04. The van der Waals surface area contributed by atoms with Gasteiger partial charge in [0.15, 0.2) is 0 Å². The van der Waals surface area contributed by atoms with Gasteiger partial charge in [0.25, 0.3) is 0 Å². The average molecular weight is 244 g/mol. The van der Waals surface area contributed by atoms with Crippen molar-refractivity contribution >= 4 is 10.0 Å². The zero-order valence-corrected chi connectivity index (χ0v) is 9.74. The van der Waals surface area contributed by atoms with E-state index in [2.05, 4.69) is 24.9 Å². The monoisotopic (exact) mass is 244 g/mol. The largest absolute Gasteiger partial charge is 0.281 e. The van der Waals surface area contributed by atoms with Crippen molar-refractivity contribution in [2.45, 2.75) is 18.7 Å². The highest BCUT2D eigenvalue weighted by atomic mass is 32.2. The summed E-state index contributed by atoms with van der Waals surface area (Å²) in [4.78, 5) is 2.67. The number of azide groups is 1. The third-order valence-corrected chi connectivity index (χ3v) is 3.62. The summed E-state index contributed by atoms with van der Waals surface area (Å²) >= 11 is 0. The molecule has 0 aliphatic carbocycles. The molecule has 0 aliphatic heterocycles. The lowest BCUT2D eigenvalue weighted by atomic mass is 10.4. The van der Waals surface area contributed by atoms with Crippen LogP contribution in [0.25, 0.3) is 10.4 Å². The standard InChI is InChI=1S/C7H12N6O2S/c1-5-7(6(2)12-11-5)16(14,15)10-4-3-9-13-8/h10H,3-4H2,1-2H3,(H,11,12). The van der Waals surface area contributed by atoms with Crippen LogP contribution in [0.5, 0.6) is 0 Å². The number of aryl methyl sites for hydroxylation is 2.